The second-order valence-corrected chi connectivity index (χ2v) is 6.74. The monoisotopic (exact) mass is 357 g/mol. The molecule has 0 aliphatic rings. The molecule has 0 amide bonds. The molecule has 0 fully saturated rings. The van der Waals surface area contributed by atoms with Crippen LogP contribution in [0.25, 0.3) is 10.6 Å². The van der Waals surface area contributed by atoms with Crippen LogP contribution in [0.1, 0.15) is 17.5 Å². The summed E-state index contributed by atoms with van der Waals surface area (Å²) in [6.07, 6.45) is 0. The van der Waals surface area contributed by atoms with Crippen molar-refractivity contribution >= 4 is 34.3 Å². The quantitative estimate of drug-likeness (QED) is 0.491. The van der Waals surface area contributed by atoms with Gasteiger partial charge in [-0.25, -0.2) is 4.98 Å². The molecule has 3 aromatic rings. The third-order valence-corrected chi connectivity index (χ3v) is 4.97. The van der Waals surface area contributed by atoms with Gasteiger partial charge in [-0.05, 0) is 56.3 Å². The van der Waals surface area contributed by atoms with Crippen molar-refractivity contribution in [3.8, 4) is 16.3 Å². The van der Waals surface area contributed by atoms with E-state index in [9.17, 15) is 5.11 Å². The maximum absolute atomic E-state index is 9.40. The Labute approximate surface area is 149 Å². The van der Waals surface area contributed by atoms with Crippen LogP contribution in [0, 0.1) is 6.92 Å². The number of rotatable bonds is 4. The molecule has 0 radical (unpaired) electrons. The fourth-order valence-corrected chi connectivity index (χ4v) is 3.42. The minimum Gasteiger partial charge on any atom is -0.508 e. The van der Waals surface area contributed by atoms with Crippen molar-refractivity contribution in [3.05, 3.63) is 64.1 Å². The number of nitrogens with zero attached hydrogens (tertiary/aromatic N) is 2. The summed E-state index contributed by atoms with van der Waals surface area (Å²) in [6.45, 7) is 3.91. The summed E-state index contributed by atoms with van der Waals surface area (Å²) >= 11 is 7.55. The maximum atomic E-state index is 9.40. The summed E-state index contributed by atoms with van der Waals surface area (Å²) in [5, 5.41) is 15.4. The lowest BCUT2D eigenvalue weighted by molar-refractivity contribution is 0.475. The molecule has 0 aliphatic carbocycles. The van der Waals surface area contributed by atoms with E-state index in [1.807, 2.05) is 50.2 Å². The molecule has 0 bridgehead atoms. The van der Waals surface area contributed by atoms with Crippen molar-refractivity contribution < 1.29 is 5.11 Å². The van der Waals surface area contributed by atoms with E-state index in [-0.39, 0.29) is 5.75 Å². The predicted molar refractivity (Wildman–Crippen MR) is 101 cm³/mol. The van der Waals surface area contributed by atoms with Crippen molar-refractivity contribution in [1.82, 2.24) is 4.98 Å². The first kappa shape index (κ1) is 16.5. The van der Waals surface area contributed by atoms with Gasteiger partial charge in [0.1, 0.15) is 10.8 Å². The van der Waals surface area contributed by atoms with Crippen molar-refractivity contribution in [2.45, 2.75) is 13.8 Å². The standard InChI is InChI=1S/C18H16ClN3OS/c1-11-17(12(2)21-22-15-5-3-4-14(19)10-15)24-18(20-11)13-6-8-16(23)9-7-13/h3-10,22-23H,1-2H3/b21-12+. The zero-order chi connectivity index (χ0) is 17.1. The van der Waals surface area contributed by atoms with Crippen LogP contribution < -0.4 is 5.43 Å². The molecule has 0 saturated carbocycles. The Balaban J connectivity index is 1.83. The zero-order valence-electron chi connectivity index (χ0n) is 13.2. The van der Waals surface area contributed by atoms with E-state index >= 15 is 0 Å². The molecule has 2 aromatic carbocycles. The van der Waals surface area contributed by atoms with Crippen molar-refractivity contribution in [2.24, 2.45) is 5.10 Å². The number of aromatic nitrogens is 1. The van der Waals surface area contributed by atoms with E-state index in [0.29, 0.717) is 5.02 Å². The van der Waals surface area contributed by atoms with E-state index < -0.39 is 0 Å². The number of anilines is 1. The number of hydrazone groups is 1. The first-order chi connectivity index (χ1) is 11.5. The summed E-state index contributed by atoms with van der Waals surface area (Å²) in [5.41, 5.74) is 6.61. The van der Waals surface area contributed by atoms with Crippen LogP contribution in [0.15, 0.2) is 53.6 Å². The highest BCUT2D eigenvalue weighted by atomic mass is 35.5. The van der Waals surface area contributed by atoms with Gasteiger partial charge >= 0.3 is 0 Å². The SMILES string of the molecule is C/C(=N\Nc1cccc(Cl)c1)c1sc(-c2ccc(O)cc2)nc1C. The molecule has 0 spiro atoms. The van der Waals surface area contributed by atoms with Gasteiger partial charge in [-0.15, -0.1) is 11.3 Å². The minimum atomic E-state index is 0.246. The maximum Gasteiger partial charge on any atom is 0.124 e. The number of halogens is 1. The van der Waals surface area contributed by atoms with Crippen molar-refractivity contribution in [2.75, 3.05) is 5.43 Å². The van der Waals surface area contributed by atoms with Gasteiger partial charge in [-0.1, -0.05) is 17.7 Å². The summed E-state index contributed by atoms with van der Waals surface area (Å²) in [7, 11) is 0. The highest BCUT2D eigenvalue weighted by molar-refractivity contribution is 7.17. The van der Waals surface area contributed by atoms with Crippen LogP contribution in [0.4, 0.5) is 5.69 Å². The minimum absolute atomic E-state index is 0.246. The van der Waals surface area contributed by atoms with Gasteiger partial charge in [0.15, 0.2) is 0 Å². The van der Waals surface area contributed by atoms with Crippen LogP contribution in [-0.4, -0.2) is 15.8 Å². The lowest BCUT2D eigenvalue weighted by Gasteiger charge is -2.02. The second kappa shape index (κ2) is 7.03. The summed E-state index contributed by atoms with van der Waals surface area (Å²) in [6, 6.07) is 14.4. The zero-order valence-corrected chi connectivity index (χ0v) is 14.8. The van der Waals surface area contributed by atoms with E-state index in [1.54, 1.807) is 23.5 Å². The number of phenols is 1. The number of phenolic OH excluding ortho intramolecular Hbond substituents is 1. The van der Waals surface area contributed by atoms with Gasteiger partial charge in [0, 0.05) is 10.6 Å². The topological polar surface area (TPSA) is 57.5 Å². The Hall–Kier alpha value is -2.37. The first-order valence-corrected chi connectivity index (χ1v) is 8.55. The molecule has 122 valence electrons. The molecule has 0 atom stereocenters. The Kier molecular flexibility index (Phi) is 4.83. The summed E-state index contributed by atoms with van der Waals surface area (Å²) in [4.78, 5) is 5.63. The highest BCUT2D eigenvalue weighted by Gasteiger charge is 2.12. The number of thiazole rings is 1. The average molecular weight is 358 g/mol. The lowest BCUT2D eigenvalue weighted by Crippen LogP contribution is -1.99. The first-order valence-electron chi connectivity index (χ1n) is 7.36. The number of hydrogen-bond acceptors (Lipinski definition) is 5. The van der Waals surface area contributed by atoms with E-state index in [2.05, 4.69) is 15.5 Å². The predicted octanol–water partition coefficient (Wildman–Crippen LogP) is 5.31. The van der Waals surface area contributed by atoms with Gasteiger partial charge in [-0.2, -0.15) is 5.10 Å². The lowest BCUT2D eigenvalue weighted by atomic mass is 10.2. The Bertz CT molecular complexity index is 888. The molecule has 4 nitrogen and oxygen atoms in total. The third kappa shape index (κ3) is 3.75. The van der Waals surface area contributed by atoms with Crippen LogP contribution >= 0.6 is 22.9 Å². The van der Waals surface area contributed by atoms with E-state index in [4.69, 9.17) is 11.6 Å². The Morgan fingerprint density at radius 3 is 2.67 bits per heavy atom. The molecule has 24 heavy (non-hydrogen) atoms. The Morgan fingerprint density at radius 1 is 1.21 bits per heavy atom. The third-order valence-electron chi connectivity index (χ3n) is 3.42. The molecule has 3 rings (SSSR count). The van der Waals surface area contributed by atoms with Gasteiger partial charge in [-0.3, -0.25) is 5.43 Å². The number of aromatic hydroxyl groups is 1. The van der Waals surface area contributed by atoms with Crippen LogP contribution in [-0.2, 0) is 0 Å². The molecule has 6 heteroatoms. The number of nitrogens with one attached hydrogen (secondary N) is 1. The van der Waals surface area contributed by atoms with E-state index in [0.717, 1.165) is 32.5 Å². The number of benzene rings is 2. The summed E-state index contributed by atoms with van der Waals surface area (Å²) in [5.74, 6) is 0.246. The molecular weight excluding hydrogens is 342 g/mol. The van der Waals surface area contributed by atoms with Crippen LogP contribution in [0.2, 0.25) is 5.02 Å². The fraction of sp³-hybridized carbons (Fsp3) is 0.111. The Morgan fingerprint density at radius 2 is 1.96 bits per heavy atom. The number of aryl methyl sites for hydroxylation is 1. The normalized spacial score (nSPS) is 11.5. The molecule has 2 N–H and O–H groups in total. The average Bonchev–Trinajstić information content (AvgIpc) is 2.95. The van der Waals surface area contributed by atoms with Gasteiger partial charge in [0.05, 0.1) is 22.0 Å². The molecule has 1 aromatic heterocycles. The summed E-state index contributed by atoms with van der Waals surface area (Å²) < 4.78 is 0. The largest absolute Gasteiger partial charge is 0.508 e. The van der Waals surface area contributed by atoms with Gasteiger partial charge in [0.25, 0.3) is 0 Å². The van der Waals surface area contributed by atoms with Crippen molar-refractivity contribution in [3.63, 3.8) is 0 Å². The molecule has 1 heterocycles. The molecular formula is C18H16ClN3OS. The van der Waals surface area contributed by atoms with Crippen LogP contribution in [0.5, 0.6) is 5.75 Å². The van der Waals surface area contributed by atoms with E-state index in [1.165, 1.54) is 0 Å². The molecule has 0 unspecified atom stereocenters. The van der Waals surface area contributed by atoms with Gasteiger partial charge < -0.3 is 5.11 Å². The second-order valence-electron chi connectivity index (χ2n) is 5.30. The molecule has 0 aliphatic heterocycles. The van der Waals surface area contributed by atoms with Crippen LogP contribution in [0.3, 0.4) is 0 Å². The smallest absolute Gasteiger partial charge is 0.124 e. The highest BCUT2D eigenvalue weighted by Crippen LogP contribution is 2.29. The van der Waals surface area contributed by atoms with Gasteiger partial charge in [0.2, 0.25) is 0 Å². The van der Waals surface area contributed by atoms with Crippen molar-refractivity contribution in [1.29, 1.82) is 0 Å². The fourth-order valence-electron chi connectivity index (χ4n) is 2.22. The molecule has 0 saturated heterocycles. The number of hydrogen-bond donors (Lipinski definition) is 2.